The Kier molecular flexibility index (Phi) is 2.73. The number of ether oxygens (including phenoxy) is 1. The third kappa shape index (κ3) is 2.02. The average Bonchev–Trinajstić information content (AvgIpc) is 2.58. The Morgan fingerprint density at radius 3 is 2.67 bits per heavy atom. The Bertz CT molecular complexity index is 464. The predicted octanol–water partition coefficient (Wildman–Crippen LogP) is 2.25. The third-order valence-corrected chi connectivity index (χ3v) is 2.58. The van der Waals surface area contributed by atoms with Crippen LogP contribution in [0.4, 0.5) is 0 Å². The van der Waals surface area contributed by atoms with Gasteiger partial charge in [0.1, 0.15) is 5.69 Å². The second kappa shape index (κ2) is 4.02. The van der Waals surface area contributed by atoms with Gasteiger partial charge in [-0.15, -0.1) is 0 Å². The number of aryl methyl sites for hydroxylation is 1. The number of methoxy groups -OCH3 is 1. The van der Waals surface area contributed by atoms with Crippen molar-refractivity contribution >= 4 is 15.9 Å². The summed E-state index contributed by atoms with van der Waals surface area (Å²) in [6.07, 6.45) is 3.64. The first-order chi connectivity index (χ1) is 7.20. The van der Waals surface area contributed by atoms with Gasteiger partial charge in [-0.25, -0.2) is 4.98 Å². The van der Waals surface area contributed by atoms with E-state index < -0.39 is 0 Å². The molecule has 78 valence electrons. The van der Waals surface area contributed by atoms with Crippen LogP contribution in [0.3, 0.4) is 0 Å². The molecule has 0 saturated heterocycles. The zero-order valence-electron chi connectivity index (χ0n) is 8.44. The minimum absolute atomic E-state index is 0.603. The monoisotopic (exact) mass is 267 g/mol. The second-order valence-electron chi connectivity index (χ2n) is 3.09. The maximum atomic E-state index is 4.99. The molecular formula is C10H10BrN3O. The molecule has 0 fully saturated rings. The van der Waals surface area contributed by atoms with Crippen molar-refractivity contribution in [3.05, 3.63) is 29.0 Å². The van der Waals surface area contributed by atoms with Gasteiger partial charge in [-0.2, -0.15) is 5.10 Å². The number of nitrogens with zero attached hydrogens (tertiary/aromatic N) is 3. The van der Waals surface area contributed by atoms with Crippen LogP contribution in [0.15, 0.2) is 29.0 Å². The third-order valence-electron chi connectivity index (χ3n) is 2.00. The number of rotatable bonds is 2. The lowest BCUT2D eigenvalue weighted by Gasteiger charge is -1.99. The van der Waals surface area contributed by atoms with E-state index in [2.05, 4.69) is 26.0 Å². The van der Waals surface area contributed by atoms with Gasteiger partial charge in [0.15, 0.2) is 0 Å². The fourth-order valence-electron chi connectivity index (χ4n) is 1.30. The lowest BCUT2D eigenvalue weighted by molar-refractivity contribution is 0.398. The highest BCUT2D eigenvalue weighted by Crippen LogP contribution is 2.26. The lowest BCUT2D eigenvalue weighted by Crippen LogP contribution is -1.90. The lowest BCUT2D eigenvalue weighted by atomic mass is 10.2. The van der Waals surface area contributed by atoms with E-state index in [0.29, 0.717) is 5.88 Å². The minimum Gasteiger partial charge on any atom is -0.481 e. The van der Waals surface area contributed by atoms with Gasteiger partial charge in [-0.05, 0) is 22.0 Å². The zero-order chi connectivity index (χ0) is 10.8. The van der Waals surface area contributed by atoms with Gasteiger partial charge < -0.3 is 4.74 Å². The number of halogens is 1. The standard InChI is InChI=1S/C10H10BrN3O/c1-14-6-8(11)10(13-14)7-3-4-9(15-2)12-5-7/h3-6H,1-2H3. The summed E-state index contributed by atoms with van der Waals surface area (Å²) in [6.45, 7) is 0. The van der Waals surface area contributed by atoms with Gasteiger partial charge in [-0.3, -0.25) is 4.68 Å². The van der Waals surface area contributed by atoms with Crippen LogP contribution in [0.5, 0.6) is 5.88 Å². The van der Waals surface area contributed by atoms with Gasteiger partial charge in [-0.1, -0.05) is 0 Å². The van der Waals surface area contributed by atoms with Crippen molar-refractivity contribution in [1.82, 2.24) is 14.8 Å². The van der Waals surface area contributed by atoms with Gasteiger partial charge in [0.2, 0.25) is 5.88 Å². The van der Waals surface area contributed by atoms with Gasteiger partial charge in [0.05, 0.1) is 11.6 Å². The summed E-state index contributed by atoms with van der Waals surface area (Å²) in [5, 5.41) is 4.32. The van der Waals surface area contributed by atoms with Crippen molar-refractivity contribution in [2.45, 2.75) is 0 Å². The van der Waals surface area contributed by atoms with E-state index in [9.17, 15) is 0 Å². The molecule has 0 aromatic carbocycles. The van der Waals surface area contributed by atoms with Gasteiger partial charge in [0, 0.05) is 31.1 Å². The first-order valence-electron chi connectivity index (χ1n) is 4.40. The highest BCUT2D eigenvalue weighted by molar-refractivity contribution is 9.10. The van der Waals surface area contributed by atoms with Crippen molar-refractivity contribution in [3.63, 3.8) is 0 Å². The predicted molar refractivity (Wildman–Crippen MR) is 60.7 cm³/mol. The van der Waals surface area contributed by atoms with Crippen LogP contribution in [0, 0.1) is 0 Å². The fraction of sp³-hybridized carbons (Fsp3) is 0.200. The maximum absolute atomic E-state index is 4.99. The van der Waals surface area contributed by atoms with E-state index in [-0.39, 0.29) is 0 Å². The van der Waals surface area contributed by atoms with Crippen LogP contribution >= 0.6 is 15.9 Å². The topological polar surface area (TPSA) is 39.9 Å². The summed E-state index contributed by atoms with van der Waals surface area (Å²) in [4.78, 5) is 4.13. The van der Waals surface area contributed by atoms with Crippen LogP contribution in [0.2, 0.25) is 0 Å². The van der Waals surface area contributed by atoms with Crippen LogP contribution in [0.1, 0.15) is 0 Å². The summed E-state index contributed by atoms with van der Waals surface area (Å²) in [7, 11) is 3.48. The van der Waals surface area contributed by atoms with Crippen LogP contribution < -0.4 is 4.74 Å². The molecular weight excluding hydrogens is 258 g/mol. The molecule has 0 amide bonds. The summed E-state index contributed by atoms with van der Waals surface area (Å²) < 4.78 is 7.70. The highest BCUT2D eigenvalue weighted by Gasteiger charge is 2.07. The zero-order valence-corrected chi connectivity index (χ0v) is 10.0. The Balaban J connectivity index is 2.41. The minimum atomic E-state index is 0.603. The van der Waals surface area contributed by atoms with Crippen LogP contribution in [-0.2, 0) is 7.05 Å². The van der Waals surface area contributed by atoms with Gasteiger partial charge in [0.25, 0.3) is 0 Å². The van der Waals surface area contributed by atoms with Crippen LogP contribution in [0.25, 0.3) is 11.3 Å². The van der Waals surface area contributed by atoms with E-state index in [1.807, 2.05) is 25.4 Å². The molecule has 2 rings (SSSR count). The quantitative estimate of drug-likeness (QED) is 0.838. The van der Waals surface area contributed by atoms with Crippen molar-refractivity contribution in [2.24, 2.45) is 7.05 Å². The van der Waals surface area contributed by atoms with Crippen molar-refractivity contribution in [2.75, 3.05) is 7.11 Å². The molecule has 0 aliphatic heterocycles. The summed E-state index contributed by atoms with van der Waals surface area (Å²) in [5.74, 6) is 0.603. The van der Waals surface area contributed by atoms with Crippen molar-refractivity contribution in [1.29, 1.82) is 0 Å². The molecule has 0 N–H and O–H groups in total. The Labute approximate surface area is 96.0 Å². The first-order valence-corrected chi connectivity index (χ1v) is 5.19. The number of pyridine rings is 1. The molecule has 0 atom stereocenters. The number of hydrogen-bond donors (Lipinski definition) is 0. The molecule has 0 spiro atoms. The molecule has 0 bridgehead atoms. The van der Waals surface area contributed by atoms with Crippen molar-refractivity contribution in [3.8, 4) is 17.1 Å². The van der Waals surface area contributed by atoms with E-state index in [0.717, 1.165) is 15.7 Å². The highest BCUT2D eigenvalue weighted by atomic mass is 79.9. The van der Waals surface area contributed by atoms with E-state index in [1.165, 1.54) is 0 Å². The largest absolute Gasteiger partial charge is 0.481 e. The summed E-state index contributed by atoms with van der Waals surface area (Å²) >= 11 is 3.45. The molecule has 2 heterocycles. The van der Waals surface area contributed by atoms with E-state index >= 15 is 0 Å². The average molecular weight is 268 g/mol. The maximum Gasteiger partial charge on any atom is 0.212 e. The Morgan fingerprint density at radius 2 is 2.20 bits per heavy atom. The summed E-state index contributed by atoms with van der Waals surface area (Å²) in [5.41, 5.74) is 1.84. The number of aromatic nitrogens is 3. The first kappa shape index (κ1) is 10.2. The Morgan fingerprint density at radius 1 is 1.40 bits per heavy atom. The van der Waals surface area contributed by atoms with Gasteiger partial charge >= 0.3 is 0 Å². The summed E-state index contributed by atoms with van der Waals surface area (Å²) in [6, 6.07) is 3.75. The normalized spacial score (nSPS) is 10.3. The van der Waals surface area contributed by atoms with E-state index in [4.69, 9.17) is 4.74 Å². The smallest absolute Gasteiger partial charge is 0.212 e. The molecule has 0 radical (unpaired) electrons. The molecule has 0 aliphatic carbocycles. The molecule has 0 saturated carbocycles. The molecule has 15 heavy (non-hydrogen) atoms. The molecule has 0 aliphatic rings. The van der Waals surface area contributed by atoms with E-state index in [1.54, 1.807) is 18.0 Å². The second-order valence-corrected chi connectivity index (χ2v) is 3.94. The fourth-order valence-corrected chi connectivity index (χ4v) is 1.90. The van der Waals surface area contributed by atoms with Crippen molar-refractivity contribution < 1.29 is 4.74 Å². The molecule has 5 heteroatoms. The molecule has 2 aromatic heterocycles. The molecule has 4 nitrogen and oxygen atoms in total. The molecule has 0 unspecified atom stereocenters. The Hall–Kier alpha value is -1.36. The van der Waals surface area contributed by atoms with Crippen LogP contribution in [-0.4, -0.2) is 21.9 Å². The number of hydrogen-bond acceptors (Lipinski definition) is 3. The SMILES string of the molecule is COc1ccc(-c2nn(C)cc2Br)cn1. The molecule has 2 aromatic rings.